The molecule has 1 N–H and O–H groups in total. The molecule has 0 saturated carbocycles. The standard InChI is InChI=1S/C20H29ClN2O6S/c1-12-10-23(11-13(2)28-12)18(24)14(3)29-19(25)15-7-8-16(21)17(9-15)30(26,27)22-20(4,5)6/h7-9,12-14,22H,10-11H2,1-6H3. The summed E-state index contributed by atoms with van der Waals surface area (Å²) in [7, 11) is -3.96. The SMILES string of the molecule is CC1CN(C(=O)C(C)OC(=O)c2ccc(Cl)c(S(=O)(=O)NC(C)(C)C)c2)CC(C)O1. The van der Waals surface area contributed by atoms with Crippen molar-refractivity contribution in [1.29, 1.82) is 0 Å². The molecule has 0 aliphatic carbocycles. The first-order chi connectivity index (χ1) is 13.7. The molecule has 1 fully saturated rings. The van der Waals surface area contributed by atoms with Gasteiger partial charge in [-0.25, -0.2) is 17.9 Å². The summed E-state index contributed by atoms with van der Waals surface area (Å²) in [5, 5.41) is -0.0243. The van der Waals surface area contributed by atoms with Crippen molar-refractivity contribution in [3.63, 3.8) is 0 Å². The van der Waals surface area contributed by atoms with Crippen LogP contribution in [0.25, 0.3) is 0 Å². The largest absolute Gasteiger partial charge is 0.449 e. The van der Waals surface area contributed by atoms with Crippen LogP contribution in [0.1, 0.15) is 51.9 Å². The molecule has 30 heavy (non-hydrogen) atoms. The number of halogens is 1. The third-order valence-corrected chi connectivity index (χ3v) is 6.50. The molecule has 10 heteroatoms. The Hall–Kier alpha value is -1.68. The number of hydrogen-bond donors (Lipinski definition) is 1. The highest BCUT2D eigenvalue weighted by atomic mass is 35.5. The Balaban J connectivity index is 2.16. The Morgan fingerprint density at radius 2 is 1.80 bits per heavy atom. The van der Waals surface area contributed by atoms with E-state index < -0.39 is 27.6 Å². The maximum Gasteiger partial charge on any atom is 0.338 e. The summed E-state index contributed by atoms with van der Waals surface area (Å²) in [5.74, 6) is -1.14. The van der Waals surface area contributed by atoms with Crippen LogP contribution in [-0.4, -0.2) is 62.1 Å². The molecule has 0 radical (unpaired) electrons. The topological polar surface area (TPSA) is 102 Å². The lowest BCUT2D eigenvalue weighted by atomic mass is 10.1. The van der Waals surface area contributed by atoms with Crippen molar-refractivity contribution in [2.45, 2.75) is 70.3 Å². The van der Waals surface area contributed by atoms with Crippen molar-refractivity contribution >= 4 is 33.5 Å². The fourth-order valence-electron chi connectivity index (χ4n) is 3.19. The van der Waals surface area contributed by atoms with Gasteiger partial charge in [0.25, 0.3) is 5.91 Å². The molecule has 3 atom stereocenters. The molecule has 1 aromatic rings. The fourth-order valence-corrected chi connectivity index (χ4v) is 5.13. The van der Waals surface area contributed by atoms with Crippen LogP contribution in [0.4, 0.5) is 0 Å². The van der Waals surface area contributed by atoms with Crippen LogP contribution < -0.4 is 4.72 Å². The monoisotopic (exact) mass is 460 g/mol. The second-order valence-corrected chi connectivity index (χ2v) is 10.6. The van der Waals surface area contributed by atoms with Crippen LogP contribution in [0.5, 0.6) is 0 Å². The predicted octanol–water partition coefficient (Wildman–Crippen LogP) is 2.60. The molecule has 1 heterocycles. The molecule has 168 valence electrons. The van der Waals surface area contributed by atoms with Gasteiger partial charge in [0.1, 0.15) is 4.90 Å². The quantitative estimate of drug-likeness (QED) is 0.677. The first kappa shape index (κ1) is 24.6. The van der Waals surface area contributed by atoms with E-state index in [1.165, 1.54) is 19.1 Å². The van der Waals surface area contributed by atoms with Gasteiger partial charge in [-0.2, -0.15) is 0 Å². The molecule has 0 spiro atoms. The van der Waals surface area contributed by atoms with E-state index in [2.05, 4.69) is 4.72 Å². The molecule has 1 saturated heterocycles. The molecule has 2 rings (SSSR count). The van der Waals surface area contributed by atoms with Gasteiger partial charge in [-0.3, -0.25) is 4.79 Å². The molecule has 8 nitrogen and oxygen atoms in total. The minimum Gasteiger partial charge on any atom is -0.449 e. The van der Waals surface area contributed by atoms with Gasteiger partial charge in [-0.1, -0.05) is 11.6 Å². The smallest absolute Gasteiger partial charge is 0.338 e. The predicted molar refractivity (Wildman–Crippen MR) is 113 cm³/mol. The van der Waals surface area contributed by atoms with Gasteiger partial charge >= 0.3 is 5.97 Å². The molecule has 1 amide bonds. The van der Waals surface area contributed by atoms with E-state index in [-0.39, 0.29) is 33.6 Å². The minimum atomic E-state index is -3.96. The summed E-state index contributed by atoms with van der Waals surface area (Å²) in [5.41, 5.74) is -0.747. The Morgan fingerprint density at radius 1 is 1.23 bits per heavy atom. The number of rotatable bonds is 5. The van der Waals surface area contributed by atoms with Gasteiger partial charge < -0.3 is 14.4 Å². The number of carbonyl (C=O) groups is 2. The summed E-state index contributed by atoms with van der Waals surface area (Å²) < 4.78 is 38.6. The third kappa shape index (κ3) is 6.41. The highest BCUT2D eigenvalue weighted by Gasteiger charge is 2.31. The van der Waals surface area contributed by atoms with E-state index in [1.54, 1.807) is 25.7 Å². The number of carbonyl (C=O) groups excluding carboxylic acids is 2. The zero-order valence-electron chi connectivity index (χ0n) is 18.1. The normalized spacial score (nSPS) is 21.2. The van der Waals surface area contributed by atoms with Gasteiger partial charge in [0.15, 0.2) is 6.10 Å². The van der Waals surface area contributed by atoms with Gasteiger partial charge in [-0.15, -0.1) is 0 Å². The van der Waals surface area contributed by atoms with Gasteiger partial charge in [0.05, 0.1) is 22.8 Å². The zero-order chi connectivity index (χ0) is 22.9. The first-order valence-corrected chi connectivity index (χ1v) is 11.5. The van der Waals surface area contributed by atoms with Crippen molar-refractivity contribution in [2.75, 3.05) is 13.1 Å². The van der Waals surface area contributed by atoms with Crippen molar-refractivity contribution in [3.8, 4) is 0 Å². The Bertz CT molecular complexity index is 902. The van der Waals surface area contributed by atoms with E-state index in [0.29, 0.717) is 13.1 Å². The average Bonchev–Trinajstić information content (AvgIpc) is 2.58. The number of benzene rings is 1. The number of sulfonamides is 1. The molecule has 1 aliphatic heterocycles. The molecule has 0 aromatic heterocycles. The summed E-state index contributed by atoms with van der Waals surface area (Å²) in [6.07, 6.45) is -1.25. The van der Waals surface area contributed by atoms with E-state index >= 15 is 0 Å². The maximum atomic E-state index is 12.7. The number of amides is 1. The molecule has 1 aliphatic rings. The van der Waals surface area contributed by atoms with Gasteiger partial charge in [-0.05, 0) is 59.7 Å². The van der Waals surface area contributed by atoms with E-state index in [9.17, 15) is 18.0 Å². The molecule has 0 bridgehead atoms. The highest BCUT2D eigenvalue weighted by molar-refractivity contribution is 7.89. The van der Waals surface area contributed by atoms with Crippen LogP contribution in [0, 0.1) is 0 Å². The molecular formula is C20H29ClN2O6S. The second-order valence-electron chi connectivity index (χ2n) is 8.55. The maximum absolute atomic E-state index is 12.7. The highest BCUT2D eigenvalue weighted by Crippen LogP contribution is 2.25. The lowest BCUT2D eigenvalue weighted by Crippen LogP contribution is -2.51. The van der Waals surface area contributed by atoms with Crippen LogP contribution in [-0.2, 0) is 24.3 Å². The summed E-state index contributed by atoms with van der Waals surface area (Å²) in [6, 6.07) is 3.82. The second kappa shape index (κ2) is 9.21. The van der Waals surface area contributed by atoms with Crippen LogP contribution in [0.15, 0.2) is 23.1 Å². The third-order valence-electron chi connectivity index (χ3n) is 4.26. The summed E-state index contributed by atoms with van der Waals surface area (Å²) in [4.78, 5) is 26.6. The summed E-state index contributed by atoms with van der Waals surface area (Å²) >= 11 is 6.06. The van der Waals surface area contributed by atoms with Crippen molar-refractivity contribution in [3.05, 3.63) is 28.8 Å². The Kier molecular flexibility index (Phi) is 7.55. The lowest BCUT2D eigenvalue weighted by molar-refractivity contribution is -0.151. The number of hydrogen-bond acceptors (Lipinski definition) is 6. The average molecular weight is 461 g/mol. The van der Waals surface area contributed by atoms with Crippen molar-refractivity contribution < 1.29 is 27.5 Å². The number of ether oxygens (including phenoxy) is 2. The lowest BCUT2D eigenvalue weighted by Gasteiger charge is -2.36. The van der Waals surface area contributed by atoms with Crippen molar-refractivity contribution in [2.24, 2.45) is 0 Å². The van der Waals surface area contributed by atoms with Crippen molar-refractivity contribution in [1.82, 2.24) is 9.62 Å². The Morgan fingerprint density at radius 3 is 2.33 bits per heavy atom. The van der Waals surface area contributed by atoms with E-state index in [4.69, 9.17) is 21.1 Å². The van der Waals surface area contributed by atoms with Crippen LogP contribution >= 0.6 is 11.6 Å². The molecular weight excluding hydrogens is 432 g/mol. The first-order valence-electron chi connectivity index (χ1n) is 9.68. The molecule has 1 aromatic carbocycles. The van der Waals surface area contributed by atoms with Gasteiger partial charge in [0.2, 0.25) is 10.0 Å². The Labute approximate surface area is 182 Å². The summed E-state index contributed by atoms with van der Waals surface area (Å²) in [6.45, 7) is 11.1. The minimum absolute atomic E-state index is 0.0166. The fraction of sp³-hybridized carbons (Fsp3) is 0.600. The number of morpholine rings is 1. The number of nitrogens with one attached hydrogen (secondary N) is 1. The van der Waals surface area contributed by atoms with Crippen LogP contribution in [0.3, 0.4) is 0 Å². The van der Waals surface area contributed by atoms with Crippen LogP contribution in [0.2, 0.25) is 5.02 Å². The number of esters is 1. The van der Waals surface area contributed by atoms with E-state index in [1.807, 2.05) is 13.8 Å². The zero-order valence-corrected chi connectivity index (χ0v) is 19.6. The van der Waals surface area contributed by atoms with E-state index in [0.717, 1.165) is 6.07 Å². The number of nitrogens with zero attached hydrogens (tertiary/aromatic N) is 1. The van der Waals surface area contributed by atoms with Gasteiger partial charge in [0, 0.05) is 18.6 Å². The molecule has 3 unspecified atom stereocenters.